The van der Waals surface area contributed by atoms with Crippen molar-refractivity contribution in [2.24, 2.45) is 0 Å². The summed E-state index contributed by atoms with van der Waals surface area (Å²) in [6.45, 7) is 6.55. The lowest BCUT2D eigenvalue weighted by atomic mass is 9.74. The Morgan fingerprint density at radius 3 is 2.50 bits per heavy atom. The lowest BCUT2D eigenvalue weighted by molar-refractivity contribution is -0.0288. The molecule has 2 aliphatic heterocycles. The third kappa shape index (κ3) is 3.71. The zero-order valence-corrected chi connectivity index (χ0v) is 20.3. The number of nitrogens with zero attached hydrogens (tertiary/aromatic N) is 1. The summed E-state index contributed by atoms with van der Waals surface area (Å²) < 4.78 is 6.55. The Morgan fingerprint density at radius 1 is 1.03 bits per heavy atom. The Kier molecular flexibility index (Phi) is 5.40. The molecule has 0 unspecified atom stereocenters. The maximum absolute atomic E-state index is 11.2. The zero-order valence-electron chi connectivity index (χ0n) is 19.5. The molecule has 1 saturated carbocycles. The summed E-state index contributed by atoms with van der Waals surface area (Å²) >= 11 is 6.77. The standard InChI is InChI=1S/C28H32ClN3O2/c1-19-30-25-23(29)17-20-16-22(34-26(20)24(25)27(31-19)10-6-3-7-11-27)18-32-14-12-28(33,13-15-32)21-8-4-2-5-9-21/h2,4-5,8-9,16-17,30-31,33H,1,3,6-7,10-15,18H2. The minimum Gasteiger partial charge on any atom is -0.459 e. The minimum absolute atomic E-state index is 0.175. The summed E-state index contributed by atoms with van der Waals surface area (Å²) in [7, 11) is 0. The highest BCUT2D eigenvalue weighted by molar-refractivity contribution is 6.34. The average molecular weight is 478 g/mol. The zero-order chi connectivity index (χ0) is 23.3. The predicted molar refractivity (Wildman–Crippen MR) is 137 cm³/mol. The summed E-state index contributed by atoms with van der Waals surface area (Å²) in [5.74, 6) is 1.75. The molecule has 3 aromatic rings. The Balaban J connectivity index is 1.28. The van der Waals surface area contributed by atoms with Crippen LogP contribution in [0.1, 0.15) is 61.8 Å². The number of benzene rings is 2. The molecule has 3 N–H and O–H groups in total. The Morgan fingerprint density at radius 2 is 1.76 bits per heavy atom. The van der Waals surface area contributed by atoms with Crippen LogP contribution in [-0.4, -0.2) is 23.1 Å². The van der Waals surface area contributed by atoms with Crippen LogP contribution < -0.4 is 10.6 Å². The monoisotopic (exact) mass is 477 g/mol. The van der Waals surface area contributed by atoms with Crippen molar-refractivity contribution >= 4 is 28.3 Å². The molecule has 2 aromatic carbocycles. The van der Waals surface area contributed by atoms with Gasteiger partial charge in [0.1, 0.15) is 11.3 Å². The second-order valence-electron chi connectivity index (χ2n) is 10.3. The first-order valence-corrected chi connectivity index (χ1v) is 12.8. The molecule has 34 heavy (non-hydrogen) atoms. The number of halogens is 1. The first-order chi connectivity index (χ1) is 16.5. The van der Waals surface area contributed by atoms with E-state index >= 15 is 0 Å². The fourth-order valence-corrected chi connectivity index (χ4v) is 6.52. The number of hydrogen-bond acceptors (Lipinski definition) is 5. The van der Waals surface area contributed by atoms with Gasteiger partial charge in [-0.3, -0.25) is 4.90 Å². The van der Waals surface area contributed by atoms with E-state index in [1.54, 1.807) is 0 Å². The molecule has 1 saturated heterocycles. The summed E-state index contributed by atoms with van der Waals surface area (Å²) in [5, 5.41) is 20.0. The lowest BCUT2D eigenvalue weighted by Crippen LogP contribution is -2.48. The third-order valence-corrected chi connectivity index (χ3v) is 8.33. The molecule has 2 fully saturated rings. The van der Waals surface area contributed by atoms with Crippen LogP contribution in [0.3, 0.4) is 0 Å². The maximum Gasteiger partial charge on any atom is 0.142 e. The smallest absolute Gasteiger partial charge is 0.142 e. The van der Waals surface area contributed by atoms with E-state index < -0.39 is 5.60 Å². The van der Waals surface area contributed by atoms with Gasteiger partial charge >= 0.3 is 0 Å². The van der Waals surface area contributed by atoms with Crippen molar-refractivity contribution in [3.05, 3.63) is 76.8 Å². The van der Waals surface area contributed by atoms with Crippen LogP contribution >= 0.6 is 11.6 Å². The Hall–Kier alpha value is -2.47. The van der Waals surface area contributed by atoms with Crippen LogP contribution in [0.25, 0.3) is 11.0 Å². The van der Waals surface area contributed by atoms with E-state index in [-0.39, 0.29) is 5.54 Å². The van der Waals surface area contributed by atoms with Crippen molar-refractivity contribution in [1.29, 1.82) is 0 Å². The van der Waals surface area contributed by atoms with Gasteiger partial charge in [-0.15, -0.1) is 0 Å². The third-order valence-electron chi connectivity index (χ3n) is 8.04. The number of furan rings is 1. The van der Waals surface area contributed by atoms with Crippen molar-refractivity contribution < 1.29 is 9.52 Å². The first-order valence-electron chi connectivity index (χ1n) is 12.5. The van der Waals surface area contributed by atoms with Gasteiger partial charge < -0.3 is 20.2 Å². The summed E-state index contributed by atoms with van der Waals surface area (Å²) in [4.78, 5) is 2.37. The largest absolute Gasteiger partial charge is 0.459 e. The van der Waals surface area contributed by atoms with Gasteiger partial charge in [0, 0.05) is 24.0 Å². The number of nitrogens with one attached hydrogen (secondary N) is 2. The number of anilines is 1. The second kappa shape index (κ2) is 8.33. The highest BCUT2D eigenvalue weighted by Crippen LogP contribution is 2.50. The molecule has 178 valence electrons. The van der Waals surface area contributed by atoms with Gasteiger partial charge in [-0.2, -0.15) is 0 Å². The second-order valence-corrected chi connectivity index (χ2v) is 10.7. The van der Waals surface area contributed by atoms with Crippen molar-refractivity contribution in [2.75, 3.05) is 18.4 Å². The van der Waals surface area contributed by atoms with E-state index in [2.05, 4.69) is 28.2 Å². The molecular weight excluding hydrogens is 446 g/mol. The molecule has 3 heterocycles. The molecule has 6 heteroatoms. The number of piperidine rings is 1. The molecule has 6 rings (SSSR count). The molecule has 1 aliphatic carbocycles. The normalized spacial score (nSPS) is 21.8. The van der Waals surface area contributed by atoms with Gasteiger partial charge in [0.2, 0.25) is 0 Å². The van der Waals surface area contributed by atoms with E-state index in [1.807, 2.05) is 36.4 Å². The Bertz CT molecular complexity index is 1220. The van der Waals surface area contributed by atoms with E-state index in [0.717, 1.165) is 84.7 Å². The highest BCUT2D eigenvalue weighted by Gasteiger charge is 2.42. The van der Waals surface area contributed by atoms with Gasteiger partial charge in [-0.25, -0.2) is 0 Å². The van der Waals surface area contributed by atoms with Gasteiger partial charge in [0.25, 0.3) is 0 Å². The van der Waals surface area contributed by atoms with E-state index in [9.17, 15) is 5.11 Å². The fraction of sp³-hybridized carbons (Fsp3) is 0.429. The van der Waals surface area contributed by atoms with Gasteiger partial charge in [0.15, 0.2) is 0 Å². The van der Waals surface area contributed by atoms with Crippen LogP contribution in [0.15, 0.2) is 59.3 Å². The van der Waals surface area contributed by atoms with E-state index in [4.69, 9.17) is 16.0 Å². The number of rotatable bonds is 3. The number of likely N-dealkylation sites (tertiary alicyclic amines) is 1. The van der Waals surface area contributed by atoms with Gasteiger partial charge in [0.05, 0.1) is 34.2 Å². The summed E-state index contributed by atoms with van der Waals surface area (Å²) in [5.41, 5.74) is 3.12. The molecule has 1 aromatic heterocycles. The van der Waals surface area contributed by atoms with E-state index in [0.29, 0.717) is 5.02 Å². The highest BCUT2D eigenvalue weighted by atomic mass is 35.5. The molecule has 0 amide bonds. The number of fused-ring (bicyclic) bond motifs is 4. The quantitative estimate of drug-likeness (QED) is 0.418. The molecular formula is C28H32ClN3O2. The van der Waals surface area contributed by atoms with Crippen LogP contribution in [0.5, 0.6) is 0 Å². The molecule has 1 spiro atoms. The van der Waals surface area contributed by atoms with Crippen LogP contribution in [-0.2, 0) is 17.7 Å². The maximum atomic E-state index is 11.2. The van der Waals surface area contributed by atoms with Crippen molar-refractivity contribution in [3.8, 4) is 0 Å². The SMILES string of the molecule is C=C1Nc2c(Cl)cc3cc(CN4CCC(O)(c5ccccc5)CC4)oc3c2C2(CCCCC2)N1. The van der Waals surface area contributed by atoms with Crippen LogP contribution in [0.2, 0.25) is 5.02 Å². The summed E-state index contributed by atoms with van der Waals surface area (Å²) in [6.07, 6.45) is 7.16. The van der Waals surface area contributed by atoms with Crippen molar-refractivity contribution in [3.63, 3.8) is 0 Å². The van der Waals surface area contributed by atoms with Crippen molar-refractivity contribution in [1.82, 2.24) is 10.2 Å². The molecule has 0 radical (unpaired) electrons. The Labute approximate surface area is 205 Å². The average Bonchev–Trinajstić information content (AvgIpc) is 3.23. The number of aliphatic hydroxyl groups is 1. The molecule has 5 nitrogen and oxygen atoms in total. The van der Waals surface area contributed by atoms with E-state index in [1.165, 1.54) is 19.3 Å². The van der Waals surface area contributed by atoms with Crippen LogP contribution in [0.4, 0.5) is 5.69 Å². The molecule has 0 bridgehead atoms. The topological polar surface area (TPSA) is 60.7 Å². The molecule has 0 atom stereocenters. The van der Waals surface area contributed by atoms with Crippen LogP contribution in [0, 0.1) is 0 Å². The lowest BCUT2D eigenvalue weighted by Gasteiger charge is -2.44. The first kappa shape index (κ1) is 22.0. The predicted octanol–water partition coefficient (Wildman–Crippen LogP) is 6.22. The molecule has 3 aliphatic rings. The van der Waals surface area contributed by atoms with Gasteiger partial charge in [-0.1, -0.05) is 67.8 Å². The number of hydrogen-bond donors (Lipinski definition) is 3. The minimum atomic E-state index is -0.745. The summed E-state index contributed by atoms with van der Waals surface area (Å²) in [6, 6.07) is 14.2. The van der Waals surface area contributed by atoms with Crippen molar-refractivity contribution in [2.45, 2.75) is 62.6 Å². The van der Waals surface area contributed by atoms with Gasteiger partial charge in [-0.05, 0) is 43.4 Å². The fourth-order valence-electron chi connectivity index (χ4n) is 6.26.